The van der Waals surface area contributed by atoms with Crippen LogP contribution in [-0.4, -0.2) is 18.7 Å². The van der Waals surface area contributed by atoms with Crippen LogP contribution in [0.3, 0.4) is 0 Å². The monoisotopic (exact) mass is 376 g/mol. The van der Waals surface area contributed by atoms with Crippen molar-refractivity contribution in [1.29, 1.82) is 0 Å². The van der Waals surface area contributed by atoms with E-state index in [0.29, 0.717) is 23.1 Å². The summed E-state index contributed by atoms with van der Waals surface area (Å²) in [5.41, 5.74) is 1.72. The van der Waals surface area contributed by atoms with E-state index >= 15 is 0 Å². The number of hydrogen-bond acceptors (Lipinski definition) is 3. The maximum absolute atomic E-state index is 12.5. The molecule has 0 aliphatic heterocycles. The number of allylic oxidation sites excluding steroid dienone is 3. The molecule has 0 aromatic heterocycles. The van der Waals surface area contributed by atoms with Crippen LogP contribution < -0.4 is 0 Å². The fourth-order valence-electron chi connectivity index (χ4n) is 3.84. The molecule has 0 saturated heterocycles. The number of hydrogen-bond donors (Lipinski definition) is 0. The predicted octanol–water partition coefficient (Wildman–Crippen LogP) is 6.86. The van der Waals surface area contributed by atoms with Gasteiger partial charge in [0.05, 0.1) is 7.11 Å². The molecule has 27 heavy (non-hydrogen) atoms. The highest BCUT2D eigenvalue weighted by Gasteiger charge is 2.30. The second kappa shape index (κ2) is 13.7. The lowest BCUT2D eigenvalue weighted by molar-refractivity contribution is -0.118. The Kier molecular flexibility index (Phi) is 12.0. The van der Waals surface area contributed by atoms with E-state index in [2.05, 4.69) is 6.92 Å². The Labute approximate surface area is 166 Å². The number of Topliss-reactive ketones (excluding diaryl/α,β-unsaturated/α-hetero) is 2. The standard InChI is InChI=1S/C24H40O3/c1-5-6-7-8-9-10-11-12-13-14-15-16-17-18-21-19(2)23(26)24(27-4)20(3)22(21)25/h5-18H2,1-4H3. The normalized spacial score (nSPS) is 15.1. The Balaban J connectivity index is 2.11. The van der Waals surface area contributed by atoms with E-state index in [0.717, 1.165) is 12.8 Å². The average Bonchev–Trinajstić information content (AvgIpc) is 2.66. The molecule has 3 nitrogen and oxygen atoms in total. The summed E-state index contributed by atoms with van der Waals surface area (Å²) in [6.07, 6.45) is 17.7. The third-order valence-corrected chi connectivity index (χ3v) is 5.69. The molecule has 0 saturated carbocycles. The molecule has 0 spiro atoms. The Hall–Kier alpha value is -1.38. The summed E-state index contributed by atoms with van der Waals surface area (Å²) < 4.78 is 5.10. The van der Waals surface area contributed by atoms with Crippen molar-refractivity contribution in [2.24, 2.45) is 0 Å². The fourth-order valence-corrected chi connectivity index (χ4v) is 3.84. The third-order valence-electron chi connectivity index (χ3n) is 5.69. The zero-order chi connectivity index (χ0) is 20.1. The molecule has 3 heteroatoms. The Morgan fingerprint density at radius 1 is 0.630 bits per heavy atom. The van der Waals surface area contributed by atoms with Gasteiger partial charge in [-0.1, -0.05) is 84.0 Å². The molecule has 0 bridgehead atoms. The van der Waals surface area contributed by atoms with Gasteiger partial charge in [-0.25, -0.2) is 0 Å². The first kappa shape index (κ1) is 23.7. The number of methoxy groups -OCH3 is 1. The van der Waals surface area contributed by atoms with Crippen molar-refractivity contribution >= 4 is 11.6 Å². The zero-order valence-corrected chi connectivity index (χ0v) is 18.1. The van der Waals surface area contributed by atoms with Gasteiger partial charge in [-0.05, 0) is 26.7 Å². The summed E-state index contributed by atoms with van der Waals surface area (Å²) in [5, 5.41) is 0. The van der Waals surface area contributed by atoms with Crippen LogP contribution in [0.4, 0.5) is 0 Å². The summed E-state index contributed by atoms with van der Waals surface area (Å²) >= 11 is 0. The Bertz CT molecular complexity index is 540. The van der Waals surface area contributed by atoms with Gasteiger partial charge in [-0.3, -0.25) is 9.59 Å². The number of carbonyl (C=O) groups is 2. The molecule has 1 aliphatic rings. The minimum Gasteiger partial charge on any atom is -0.492 e. The Morgan fingerprint density at radius 3 is 1.52 bits per heavy atom. The molecule has 0 aromatic rings. The summed E-state index contributed by atoms with van der Waals surface area (Å²) in [6.45, 7) is 5.71. The molecule has 1 aliphatic carbocycles. The first-order valence-corrected chi connectivity index (χ1v) is 11.1. The number of ketones is 2. The maximum atomic E-state index is 12.5. The van der Waals surface area contributed by atoms with E-state index in [1.165, 1.54) is 77.7 Å². The number of unbranched alkanes of at least 4 members (excludes halogenated alkanes) is 12. The summed E-state index contributed by atoms with van der Waals surface area (Å²) in [7, 11) is 1.45. The van der Waals surface area contributed by atoms with Gasteiger partial charge in [0, 0.05) is 16.7 Å². The molecule has 154 valence electrons. The molecule has 0 atom stereocenters. The lowest BCUT2D eigenvalue weighted by Gasteiger charge is -2.19. The van der Waals surface area contributed by atoms with E-state index in [4.69, 9.17) is 4.74 Å². The van der Waals surface area contributed by atoms with Gasteiger partial charge < -0.3 is 4.74 Å². The van der Waals surface area contributed by atoms with Gasteiger partial charge in [-0.15, -0.1) is 0 Å². The van der Waals surface area contributed by atoms with Crippen molar-refractivity contribution in [3.63, 3.8) is 0 Å². The van der Waals surface area contributed by atoms with Crippen molar-refractivity contribution in [2.75, 3.05) is 7.11 Å². The molecule has 0 fully saturated rings. The average molecular weight is 377 g/mol. The van der Waals surface area contributed by atoms with Crippen molar-refractivity contribution in [3.05, 3.63) is 22.5 Å². The van der Waals surface area contributed by atoms with Crippen LogP contribution >= 0.6 is 0 Å². The molecule has 0 radical (unpaired) electrons. The topological polar surface area (TPSA) is 43.4 Å². The predicted molar refractivity (Wildman–Crippen MR) is 113 cm³/mol. The van der Waals surface area contributed by atoms with E-state index in [-0.39, 0.29) is 17.3 Å². The molecule has 0 aromatic carbocycles. The summed E-state index contributed by atoms with van der Waals surface area (Å²) in [5.74, 6) is 0.0776. The number of ether oxygens (including phenoxy) is 1. The van der Waals surface area contributed by atoms with Gasteiger partial charge >= 0.3 is 0 Å². The van der Waals surface area contributed by atoms with Gasteiger partial charge in [0.15, 0.2) is 11.5 Å². The van der Waals surface area contributed by atoms with Crippen LogP contribution in [0, 0.1) is 0 Å². The molecular formula is C24H40O3. The quantitative estimate of drug-likeness (QED) is 0.232. The Morgan fingerprint density at radius 2 is 1.07 bits per heavy atom. The highest BCUT2D eigenvalue weighted by Crippen LogP contribution is 2.28. The van der Waals surface area contributed by atoms with E-state index in [1.54, 1.807) is 13.8 Å². The van der Waals surface area contributed by atoms with Gasteiger partial charge in [0.25, 0.3) is 0 Å². The summed E-state index contributed by atoms with van der Waals surface area (Å²) in [6, 6.07) is 0. The first-order valence-electron chi connectivity index (χ1n) is 11.1. The molecule has 0 heterocycles. The molecule has 0 amide bonds. The molecule has 0 N–H and O–H groups in total. The van der Waals surface area contributed by atoms with Crippen molar-refractivity contribution in [2.45, 2.75) is 111 Å². The van der Waals surface area contributed by atoms with Crippen LogP contribution in [0.25, 0.3) is 0 Å². The zero-order valence-electron chi connectivity index (χ0n) is 18.1. The van der Waals surface area contributed by atoms with Crippen molar-refractivity contribution < 1.29 is 14.3 Å². The van der Waals surface area contributed by atoms with Crippen molar-refractivity contribution in [1.82, 2.24) is 0 Å². The maximum Gasteiger partial charge on any atom is 0.224 e. The molecule has 0 unspecified atom stereocenters. The van der Waals surface area contributed by atoms with Crippen molar-refractivity contribution in [3.8, 4) is 0 Å². The van der Waals surface area contributed by atoms with Crippen LogP contribution in [0.2, 0.25) is 0 Å². The minimum atomic E-state index is -0.126. The largest absolute Gasteiger partial charge is 0.492 e. The smallest absolute Gasteiger partial charge is 0.224 e. The SMILES string of the molecule is CCCCCCCCCCCCCCCC1=C(C)C(=O)C(OC)=C(C)C1=O. The highest BCUT2D eigenvalue weighted by atomic mass is 16.5. The summed E-state index contributed by atoms with van der Waals surface area (Å²) in [4.78, 5) is 24.7. The number of carbonyl (C=O) groups excluding carboxylic acids is 2. The van der Waals surface area contributed by atoms with Crippen LogP contribution in [0.15, 0.2) is 22.5 Å². The lowest BCUT2D eigenvalue weighted by Crippen LogP contribution is -2.22. The van der Waals surface area contributed by atoms with Gasteiger partial charge in [-0.2, -0.15) is 0 Å². The van der Waals surface area contributed by atoms with Crippen LogP contribution in [-0.2, 0) is 14.3 Å². The third kappa shape index (κ3) is 8.02. The van der Waals surface area contributed by atoms with E-state index in [1.807, 2.05) is 0 Å². The molecular weight excluding hydrogens is 336 g/mol. The second-order valence-corrected chi connectivity index (χ2v) is 7.91. The molecule has 1 rings (SSSR count). The highest BCUT2D eigenvalue weighted by molar-refractivity contribution is 6.23. The lowest BCUT2D eigenvalue weighted by atomic mass is 9.86. The minimum absolute atomic E-state index is 0.0112. The van der Waals surface area contributed by atoms with Crippen LogP contribution in [0.5, 0.6) is 0 Å². The van der Waals surface area contributed by atoms with Gasteiger partial charge in [0.1, 0.15) is 0 Å². The van der Waals surface area contributed by atoms with E-state index < -0.39 is 0 Å². The van der Waals surface area contributed by atoms with Crippen LogP contribution in [0.1, 0.15) is 111 Å². The van der Waals surface area contributed by atoms with Gasteiger partial charge in [0.2, 0.25) is 5.78 Å². The second-order valence-electron chi connectivity index (χ2n) is 7.91. The van der Waals surface area contributed by atoms with E-state index in [9.17, 15) is 9.59 Å². The number of rotatable bonds is 15. The first-order chi connectivity index (χ1) is 13.0. The fraction of sp³-hybridized carbons (Fsp3) is 0.750.